The Morgan fingerprint density at radius 1 is 1.03 bits per heavy atom. The molecule has 3 aromatic rings. The summed E-state index contributed by atoms with van der Waals surface area (Å²) in [6, 6.07) is 12.4. The number of benzene rings is 2. The van der Waals surface area contributed by atoms with Crippen LogP contribution in [0.5, 0.6) is 5.75 Å². The van der Waals surface area contributed by atoms with Crippen LogP contribution in [-0.4, -0.2) is 46.0 Å². The molecule has 0 saturated heterocycles. The summed E-state index contributed by atoms with van der Waals surface area (Å²) in [7, 11) is 0. The number of aromatic nitrogens is 2. The highest BCUT2D eigenvalue weighted by molar-refractivity contribution is 7.15. The lowest BCUT2D eigenvalue weighted by Crippen LogP contribution is -2.37. The number of ether oxygens (including phenoxy) is 1. The molecule has 0 unspecified atom stereocenters. The highest BCUT2D eigenvalue weighted by Gasteiger charge is 2.36. The highest BCUT2D eigenvalue weighted by atomic mass is 32.1. The first-order valence-electron chi connectivity index (χ1n) is 9.70. The van der Waals surface area contributed by atoms with Crippen molar-refractivity contribution in [3.05, 3.63) is 69.7 Å². The third-order valence-electron chi connectivity index (χ3n) is 4.96. The molecule has 2 heterocycles. The van der Waals surface area contributed by atoms with Gasteiger partial charge in [0.15, 0.2) is 0 Å². The number of fused-ring (bicyclic) bond motifs is 1. The Morgan fingerprint density at radius 2 is 1.74 bits per heavy atom. The molecule has 1 aliphatic rings. The van der Waals surface area contributed by atoms with Crippen LogP contribution in [0, 0.1) is 13.8 Å². The van der Waals surface area contributed by atoms with Crippen LogP contribution in [0.15, 0.2) is 42.5 Å². The molecule has 31 heavy (non-hydrogen) atoms. The Balaban J connectivity index is 1.29. The van der Waals surface area contributed by atoms with E-state index in [9.17, 15) is 14.4 Å². The third kappa shape index (κ3) is 4.46. The molecule has 8 nitrogen and oxygen atoms in total. The quantitative estimate of drug-likeness (QED) is 0.572. The van der Waals surface area contributed by atoms with Crippen LogP contribution in [0.4, 0.5) is 5.13 Å². The molecular formula is C22H20N4O4S. The second-order valence-corrected chi connectivity index (χ2v) is 8.20. The van der Waals surface area contributed by atoms with Crippen LogP contribution < -0.4 is 10.1 Å². The number of hydrogen-bond acceptors (Lipinski definition) is 7. The van der Waals surface area contributed by atoms with Crippen molar-refractivity contribution in [1.82, 2.24) is 15.1 Å². The maximum atomic E-state index is 12.4. The van der Waals surface area contributed by atoms with Crippen molar-refractivity contribution >= 4 is 34.2 Å². The predicted molar refractivity (Wildman–Crippen MR) is 115 cm³/mol. The van der Waals surface area contributed by atoms with E-state index in [1.807, 2.05) is 32.0 Å². The van der Waals surface area contributed by atoms with Gasteiger partial charge in [0.2, 0.25) is 11.0 Å². The van der Waals surface area contributed by atoms with Gasteiger partial charge in [-0.2, -0.15) is 0 Å². The molecule has 2 aromatic carbocycles. The zero-order valence-electron chi connectivity index (χ0n) is 17.0. The molecule has 1 aliphatic heterocycles. The average molecular weight is 436 g/mol. The van der Waals surface area contributed by atoms with E-state index in [0.717, 1.165) is 16.2 Å². The Bertz CT molecular complexity index is 1140. The Hall–Kier alpha value is -3.59. The van der Waals surface area contributed by atoms with Gasteiger partial charge >= 0.3 is 0 Å². The lowest BCUT2D eigenvalue weighted by molar-refractivity contribution is -0.116. The molecule has 0 saturated carbocycles. The molecule has 0 radical (unpaired) electrons. The average Bonchev–Trinajstić information content (AvgIpc) is 3.29. The first-order chi connectivity index (χ1) is 14.9. The summed E-state index contributed by atoms with van der Waals surface area (Å²) >= 11 is 1.23. The molecule has 0 fully saturated rings. The van der Waals surface area contributed by atoms with Crippen LogP contribution in [0.2, 0.25) is 0 Å². The molecular weight excluding hydrogens is 416 g/mol. The maximum Gasteiger partial charge on any atom is 0.262 e. The molecule has 0 bridgehead atoms. The van der Waals surface area contributed by atoms with Gasteiger partial charge in [-0.15, -0.1) is 10.2 Å². The fraction of sp³-hybridized carbons (Fsp3) is 0.227. The number of anilines is 1. The summed E-state index contributed by atoms with van der Waals surface area (Å²) in [5.74, 6) is -0.667. The smallest absolute Gasteiger partial charge is 0.262 e. The van der Waals surface area contributed by atoms with Gasteiger partial charge in [0.25, 0.3) is 11.8 Å². The minimum Gasteiger partial charge on any atom is -0.493 e. The number of amides is 3. The summed E-state index contributed by atoms with van der Waals surface area (Å²) in [4.78, 5) is 38.0. The number of carbonyl (C=O) groups excluding carboxylic acids is 3. The standard InChI is InChI=1S/C22H20N4O4S/c1-13-7-8-15(11-14(13)2)30-10-9-19-24-25-22(31-19)23-18(27)12-26-20(28)16-5-3-4-6-17(16)21(26)29/h3-8,11H,9-10,12H2,1-2H3,(H,23,25,27). The van der Waals surface area contributed by atoms with Gasteiger partial charge < -0.3 is 4.74 Å². The Morgan fingerprint density at radius 3 is 2.42 bits per heavy atom. The van der Waals surface area contributed by atoms with Crippen molar-refractivity contribution in [3.63, 3.8) is 0 Å². The highest BCUT2D eigenvalue weighted by Crippen LogP contribution is 2.23. The van der Waals surface area contributed by atoms with Crippen molar-refractivity contribution in [2.75, 3.05) is 18.5 Å². The number of carbonyl (C=O) groups is 3. The van der Waals surface area contributed by atoms with Crippen LogP contribution in [0.1, 0.15) is 36.9 Å². The third-order valence-corrected chi connectivity index (χ3v) is 5.85. The topological polar surface area (TPSA) is 101 Å². The fourth-order valence-electron chi connectivity index (χ4n) is 3.15. The zero-order valence-corrected chi connectivity index (χ0v) is 17.9. The summed E-state index contributed by atoms with van der Waals surface area (Å²) in [5.41, 5.74) is 2.99. The van der Waals surface area contributed by atoms with Gasteiger partial charge in [-0.1, -0.05) is 29.5 Å². The van der Waals surface area contributed by atoms with Gasteiger partial charge in [0.1, 0.15) is 17.3 Å². The Kier molecular flexibility index (Phi) is 5.77. The summed E-state index contributed by atoms with van der Waals surface area (Å²) in [5, 5.41) is 11.6. The van der Waals surface area contributed by atoms with Crippen LogP contribution in [0.3, 0.4) is 0 Å². The first kappa shape index (κ1) is 20.7. The predicted octanol–water partition coefficient (Wildman–Crippen LogP) is 3.01. The van der Waals surface area contributed by atoms with Crippen molar-refractivity contribution in [2.45, 2.75) is 20.3 Å². The number of rotatable bonds is 7. The molecule has 9 heteroatoms. The van der Waals surface area contributed by atoms with Crippen molar-refractivity contribution < 1.29 is 19.1 Å². The second kappa shape index (κ2) is 8.65. The van der Waals surface area contributed by atoms with E-state index in [1.165, 1.54) is 16.9 Å². The van der Waals surface area contributed by atoms with Crippen molar-refractivity contribution in [3.8, 4) is 5.75 Å². The molecule has 0 aliphatic carbocycles. The summed E-state index contributed by atoms with van der Waals surface area (Å²) in [6.45, 7) is 4.13. The number of nitrogens with zero attached hydrogens (tertiary/aromatic N) is 3. The first-order valence-corrected chi connectivity index (χ1v) is 10.5. The van der Waals surface area contributed by atoms with Gasteiger partial charge in [-0.05, 0) is 49.2 Å². The largest absolute Gasteiger partial charge is 0.493 e. The SMILES string of the molecule is Cc1ccc(OCCc2nnc(NC(=O)CN3C(=O)c4ccccc4C3=O)s2)cc1C. The molecule has 4 rings (SSSR count). The van der Waals surface area contributed by atoms with Crippen molar-refractivity contribution in [1.29, 1.82) is 0 Å². The van der Waals surface area contributed by atoms with E-state index in [2.05, 4.69) is 15.5 Å². The maximum absolute atomic E-state index is 12.4. The minimum atomic E-state index is -0.511. The van der Waals surface area contributed by atoms with Gasteiger partial charge in [-0.3, -0.25) is 24.6 Å². The van der Waals surface area contributed by atoms with Crippen LogP contribution in [-0.2, 0) is 11.2 Å². The van der Waals surface area contributed by atoms with Crippen molar-refractivity contribution in [2.24, 2.45) is 0 Å². The minimum absolute atomic E-state index is 0.308. The Labute approximate surface area is 182 Å². The molecule has 1 N–H and O–H groups in total. The number of hydrogen-bond donors (Lipinski definition) is 1. The molecule has 0 spiro atoms. The number of imide groups is 1. The number of aryl methyl sites for hydroxylation is 2. The van der Waals surface area contributed by atoms with E-state index in [4.69, 9.17) is 4.74 Å². The fourth-order valence-corrected chi connectivity index (χ4v) is 3.89. The summed E-state index contributed by atoms with van der Waals surface area (Å²) in [6.07, 6.45) is 0.541. The van der Waals surface area contributed by atoms with Gasteiger partial charge in [-0.25, -0.2) is 0 Å². The zero-order chi connectivity index (χ0) is 22.0. The van der Waals surface area contributed by atoms with Gasteiger partial charge in [0, 0.05) is 6.42 Å². The normalized spacial score (nSPS) is 12.8. The van der Waals surface area contributed by atoms with E-state index in [1.54, 1.807) is 24.3 Å². The second-order valence-electron chi connectivity index (χ2n) is 7.14. The van der Waals surface area contributed by atoms with E-state index >= 15 is 0 Å². The monoisotopic (exact) mass is 436 g/mol. The van der Waals surface area contributed by atoms with E-state index < -0.39 is 17.7 Å². The van der Waals surface area contributed by atoms with Gasteiger partial charge in [0.05, 0.1) is 17.7 Å². The van der Waals surface area contributed by atoms with Crippen LogP contribution in [0.25, 0.3) is 0 Å². The molecule has 1 aromatic heterocycles. The lowest BCUT2D eigenvalue weighted by Gasteiger charge is -2.12. The molecule has 3 amide bonds. The van der Waals surface area contributed by atoms with E-state index in [-0.39, 0.29) is 6.54 Å². The molecule has 0 atom stereocenters. The number of nitrogens with one attached hydrogen (secondary N) is 1. The summed E-state index contributed by atoms with van der Waals surface area (Å²) < 4.78 is 5.75. The van der Waals surface area contributed by atoms with Crippen LogP contribution >= 0.6 is 11.3 Å². The molecule has 158 valence electrons. The lowest BCUT2D eigenvalue weighted by atomic mass is 10.1. The van der Waals surface area contributed by atoms with E-state index in [0.29, 0.717) is 34.3 Å².